The Morgan fingerprint density at radius 3 is 2.74 bits per heavy atom. The van der Waals surface area contributed by atoms with Crippen LogP contribution in [0.3, 0.4) is 0 Å². The van der Waals surface area contributed by atoms with Gasteiger partial charge in [0.1, 0.15) is 0 Å². The van der Waals surface area contributed by atoms with Crippen LogP contribution in [0.4, 0.5) is 14.5 Å². The monoisotopic (exact) mass is 264 g/mol. The van der Waals surface area contributed by atoms with Gasteiger partial charge >= 0.3 is 5.97 Å². The second-order valence-electron chi connectivity index (χ2n) is 3.75. The second kappa shape index (κ2) is 5.01. The average molecular weight is 264 g/mol. The summed E-state index contributed by atoms with van der Waals surface area (Å²) in [5.41, 5.74) is 5.92. The Hall–Kier alpha value is -2.50. The third kappa shape index (κ3) is 2.37. The van der Waals surface area contributed by atoms with E-state index in [9.17, 15) is 13.6 Å². The smallest absolute Gasteiger partial charge is 0.339 e. The van der Waals surface area contributed by atoms with E-state index in [1.54, 1.807) is 0 Å². The van der Waals surface area contributed by atoms with E-state index in [0.29, 0.717) is 0 Å². The summed E-state index contributed by atoms with van der Waals surface area (Å²) in [7, 11) is 1.22. The fourth-order valence-electron chi connectivity index (χ4n) is 1.62. The molecule has 0 spiro atoms. The van der Waals surface area contributed by atoms with Crippen LogP contribution >= 0.6 is 0 Å². The molecule has 2 aromatic rings. The van der Waals surface area contributed by atoms with Gasteiger partial charge in [0.05, 0.1) is 24.1 Å². The average Bonchev–Trinajstić information content (AvgIpc) is 2.41. The molecule has 2 rings (SSSR count). The summed E-state index contributed by atoms with van der Waals surface area (Å²) in [5.74, 6) is -2.63. The van der Waals surface area contributed by atoms with Gasteiger partial charge in [0.25, 0.3) is 0 Å². The van der Waals surface area contributed by atoms with Crippen molar-refractivity contribution in [3.05, 3.63) is 47.7 Å². The number of esters is 1. The number of ether oxygens (including phenoxy) is 1. The summed E-state index contributed by atoms with van der Waals surface area (Å²) in [4.78, 5) is 15.2. The molecule has 0 radical (unpaired) electrons. The van der Waals surface area contributed by atoms with E-state index in [0.717, 1.165) is 6.07 Å². The number of halogens is 2. The highest BCUT2D eigenvalue weighted by molar-refractivity contribution is 5.91. The number of benzene rings is 1. The molecule has 0 aliphatic rings. The standard InChI is InChI=1S/C13H10F2N2O2/c1-19-13(18)7-5-10(16)12(17-6-7)8-3-2-4-9(14)11(8)15/h2-6H,16H2,1H3. The molecule has 1 heterocycles. The Morgan fingerprint density at radius 2 is 2.11 bits per heavy atom. The topological polar surface area (TPSA) is 65.2 Å². The van der Waals surface area contributed by atoms with Crippen LogP contribution in [-0.4, -0.2) is 18.1 Å². The van der Waals surface area contributed by atoms with Crippen LogP contribution in [0.15, 0.2) is 30.5 Å². The van der Waals surface area contributed by atoms with Gasteiger partial charge in [-0.3, -0.25) is 4.98 Å². The molecule has 0 unspecified atom stereocenters. The maximum atomic E-state index is 13.6. The molecule has 0 atom stereocenters. The van der Waals surface area contributed by atoms with Gasteiger partial charge in [0.2, 0.25) is 0 Å². The van der Waals surface area contributed by atoms with Crippen molar-refractivity contribution < 1.29 is 18.3 Å². The molecule has 1 aromatic heterocycles. The Morgan fingerprint density at radius 1 is 1.37 bits per heavy atom. The van der Waals surface area contributed by atoms with Crippen molar-refractivity contribution in [2.45, 2.75) is 0 Å². The van der Waals surface area contributed by atoms with E-state index in [4.69, 9.17) is 5.73 Å². The summed E-state index contributed by atoms with van der Waals surface area (Å²) < 4.78 is 31.3. The highest BCUT2D eigenvalue weighted by Gasteiger charge is 2.15. The van der Waals surface area contributed by atoms with Gasteiger partial charge in [0, 0.05) is 11.8 Å². The highest BCUT2D eigenvalue weighted by Crippen LogP contribution is 2.27. The van der Waals surface area contributed by atoms with Crippen molar-refractivity contribution >= 4 is 11.7 Å². The Balaban J connectivity index is 2.52. The van der Waals surface area contributed by atoms with Crippen molar-refractivity contribution in [3.8, 4) is 11.3 Å². The van der Waals surface area contributed by atoms with Gasteiger partial charge in [0.15, 0.2) is 11.6 Å². The summed E-state index contributed by atoms with van der Waals surface area (Å²) in [6.45, 7) is 0. The molecule has 0 aliphatic carbocycles. The summed E-state index contributed by atoms with van der Waals surface area (Å²) in [6, 6.07) is 5.01. The number of nitrogen functional groups attached to an aromatic ring is 1. The lowest BCUT2D eigenvalue weighted by atomic mass is 10.1. The first kappa shape index (κ1) is 12.9. The lowest BCUT2D eigenvalue weighted by Crippen LogP contribution is -2.05. The maximum Gasteiger partial charge on any atom is 0.339 e. The number of anilines is 1. The zero-order valence-electron chi connectivity index (χ0n) is 9.98. The number of rotatable bonds is 2. The van der Waals surface area contributed by atoms with Crippen LogP contribution in [0.1, 0.15) is 10.4 Å². The Kier molecular flexibility index (Phi) is 3.41. The zero-order chi connectivity index (χ0) is 14.0. The Labute approximate surface area is 107 Å². The van der Waals surface area contributed by atoms with Gasteiger partial charge in [-0.2, -0.15) is 0 Å². The minimum Gasteiger partial charge on any atom is -0.465 e. The molecule has 0 saturated carbocycles. The van der Waals surface area contributed by atoms with Gasteiger partial charge in [-0.15, -0.1) is 0 Å². The molecular weight excluding hydrogens is 254 g/mol. The predicted octanol–water partition coefficient (Wildman–Crippen LogP) is 2.40. The number of methoxy groups -OCH3 is 1. The molecule has 0 amide bonds. The fourth-order valence-corrected chi connectivity index (χ4v) is 1.62. The van der Waals surface area contributed by atoms with Gasteiger partial charge in [-0.25, -0.2) is 13.6 Å². The van der Waals surface area contributed by atoms with E-state index in [1.807, 2.05) is 0 Å². The van der Waals surface area contributed by atoms with E-state index in [2.05, 4.69) is 9.72 Å². The highest BCUT2D eigenvalue weighted by atomic mass is 19.2. The lowest BCUT2D eigenvalue weighted by Gasteiger charge is -2.08. The van der Waals surface area contributed by atoms with E-state index < -0.39 is 17.6 Å². The van der Waals surface area contributed by atoms with Gasteiger partial charge in [-0.1, -0.05) is 6.07 Å². The third-order valence-corrected chi connectivity index (χ3v) is 2.54. The number of nitrogens with two attached hydrogens (primary N) is 1. The molecule has 98 valence electrons. The minimum atomic E-state index is -1.03. The SMILES string of the molecule is COC(=O)c1cnc(-c2cccc(F)c2F)c(N)c1. The Bertz CT molecular complexity index is 645. The van der Waals surface area contributed by atoms with Crippen LogP contribution in [0.5, 0.6) is 0 Å². The van der Waals surface area contributed by atoms with Gasteiger partial charge < -0.3 is 10.5 Å². The third-order valence-electron chi connectivity index (χ3n) is 2.54. The van der Waals surface area contributed by atoms with Gasteiger partial charge in [-0.05, 0) is 18.2 Å². The van der Waals surface area contributed by atoms with Crippen molar-refractivity contribution in [1.29, 1.82) is 0 Å². The number of nitrogens with zero attached hydrogens (tertiary/aromatic N) is 1. The first-order valence-corrected chi connectivity index (χ1v) is 5.32. The van der Waals surface area contributed by atoms with Crippen molar-refractivity contribution in [2.75, 3.05) is 12.8 Å². The van der Waals surface area contributed by atoms with Crippen molar-refractivity contribution in [3.63, 3.8) is 0 Å². The number of carbonyl (C=O) groups excluding carboxylic acids is 1. The molecule has 19 heavy (non-hydrogen) atoms. The second-order valence-corrected chi connectivity index (χ2v) is 3.75. The van der Waals surface area contributed by atoms with E-state index in [1.165, 1.54) is 31.5 Å². The maximum absolute atomic E-state index is 13.6. The van der Waals surface area contributed by atoms with Crippen LogP contribution in [0, 0.1) is 11.6 Å². The molecule has 4 nitrogen and oxygen atoms in total. The normalized spacial score (nSPS) is 10.3. The fraction of sp³-hybridized carbons (Fsp3) is 0.0769. The van der Waals surface area contributed by atoms with E-state index >= 15 is 0 Å². The summed E-state index contributed by atoms with van der Waals surface area (Å²) >= 11 is 0. The first-order chi connectivity index (χ1) is 9.04. The van der Waals surface area contributed by atoms with Crippen molar-refractivity contribution in [1.82, 2.24) is 4.98 Å². The van der Waals surface area contributed by atoms with Crippen LogP contribution in [0.25, 0.3) is 11.3 Å². The first-order valence-electron chi connectivity index (χ1n) is 5.32. The molecule has 0 saturated heterocycles. The molecule has 0 fully saturated rings. The lowest BCUT2D eigenvalue weighted by molar-refractivity contribution is 0.0600. The summed E-state index contributed by atoms with van der Waals surface area (Å²) in [5, 5.41) is 0. The molecule has 2 N–H and O–H groups in total. The minimum absolute atomic E-state index is 0.0612. The molecular formula is C13H10F2N2O2. The number of hydrogen-bond acceptors (Lipinski definition) is 4. The van der Waals surface area contributed by atoms with Crippen molar-refractivity contribution in [2.24, 2.45) is 0 Å². The number of hydrogen-bond donors (Lipinski definition) is 1. The van der Waals surface area contributed by atoms with Crippen LogP contribution in [-0.2, 0) is 4.74 Å². The quantitative estimate of drug-likeness (QED) is 0.846. The molecule has 1 aromatic carbocycles. The summed E-state index contributed by atoms with van der Waals surface area (Å²) in [6.07, 6.45) is 1.20. The van der Waals surface area contributed by atoms with E-state index in [-0.39, 0.29) is 22.5 Å². The van der Waals surface area contributed by atoms with Crippen LogP contribution in [0.2, 0.25) is 0 Å². The molecule has 0 bridgehead atoms. The predicted molar refractivity (Wildman–Crippen MR) is 65.3 cm³/mol. The number of pyridine rings is 1. The molecule has 6 heteroatoms. The zero-order valence-corrected chi connectivity index (χ0v) is 9.98. The molecule has 0 aliphatic heterocycles. The number of carbonyl (C=O) groups is 1. The van der Waals surface area contributed by atoms with Crippen LogP contribution < -0.4 is 5.73 Å². The largest absolute Gasteiger partial charge is 0.465 e. The number of aromatic nitrogens is 1.